The van der Waals surface area contributed by atoms with Crippen LogP contribution in [-0.4, -0.2) is 4.98 Å². The predicted molar refractivity (Wildman–Crippen MR) is 70.8 cm³/mol. The fourth-order valence-electron chi connectivity index (χ4n) is 1.41. The van der Waals surface area contributed by atoms with E-state index in [2.05, 4.69) is 26.2 Å². The highest BCUT2D eigenvalue weighted by Gasteiger charge is 2.04. The summed E-state index contributed by atoms with van der Waals surface area (Å²) in [6.45, 7) is 2.04. The Morgan fingerprint density at radius 3 is 2.69 bits per heavy atom. The van der Waals surface area contributed by atoms with Crippen molar-refractivity contribution in [3.63, 3.8) is 0 Å². The quantitative estimate of drug-likeness (QED) is 0.884. The van der Waals surface area contributed by atoms with E-state index in [9.17, 15) is 0 Å². The first-order chi connectivity index (χ1) is 7.68. The lowest BCUT2D eigenvalue weighted by molar-refractivity contribution is 1.32. The number of nitrogens with one attached hydrogen (secondary N) is 1. The molecule has 0 atom stereocenters. The number of benzene rings is 1. The molecule has 2 aromatic rings. The van der Waals surface area contributed by atoms with Crippen LogP contribution in [-0.2, 0) is 0 Å². The minimum Gasteiger partial charge on any atom is -0.382 e. The van der Waals surface area contributed by atoms with Crippen LogP contribution in [0.5, 0.6) is 0 Å². The summed E-state index contributed by atoms with van der Waals surface area (Å²) in [7, 11) is 0. The molecule has 0 unspecified atom stereocenters. The van der Waals surface area contributed by atoms with E-state index < -0.39 is 0 Å². The number of hydrogen-bond acceptors (Lipinski definition) is 3. The summed E-state index contributed by atoms with van der Waals surface area (Å²) in [4.78, 5) is 4.03. The molecule has 0 bridgehead atoms. The van der Waals surface area contributed by atoms with Gasteiger partial charge in [0.1, 0.15) is 5.82 Å². The van der Waals surface area contributed by atoms with Gasteiger partial charge in [0.25, 0.3) is 0 Å². The smallest absolute Gasteiger partial charge is 0.147 e. The second-order valence-corrected chi connectivity index (χ2v) is 4.29. The minimum atomic E-state index is 0.496. The zero-order valence-electron chi connectivity index (χ0n) is 8.87. The van der Waals surface area contributed by atoms with Crippen molar-refractivity contribution in [3.05, 3.63) is 46.6 Å². The third-order valence-electron chi connectivity index (χ3n) is 2.30. The van der Waals surface area contributed by atoms with Gasteiger partial charge >= 0.3 is 0 Å². The molecule has 0 saturated carbocycles. The molecule has 0 aliphatic heterocycles. The van der Waals surface area contributed by atoms with Crippen LogP contribution in [0.4, 0.5) is 17.2 Å². The molecule has 4 heteroatoms. The van der Waals surface area contributed by atoms with Crippen LogP contribution < -0.4 is 11.1 Å². The Morgan fingerprint density at radius 1 is 1.19 bits per heavy atom. The number of nitrogens with two attached hydrogens (primary N) is 1. The van der Waals surface area contributed by atoms with Crippen molar-refractivity contribution in [3.8, 4) is 0 Å². The average Bonchev–Trinajstić information content (AvgIpc) is 2.28. The van der Waals surface area contributed by atoms with Gasteiger partial charge in [-0.05, 0) is 46.6 Å². The van der Waals surface area contributed by atoms with Gasteiger partial charge < -0.3 is 11.1 Å². The zero-order valence-corrected chi connectivity index (χ0v) is 10.5. The number of anilines is 3. The van der Waals surface area contributed by atoms with E-state index in [1.807, 2.05) is 37.3 Å². The van der Waals surface area contributed by atoms with E-state index in [1.54, 1.807) is 6.20 Å². The first-order valence-corrected chi connectivity index (χ1v) is 5.70. The van der Waals surface area contributed by atoms with Crippen molar-refractivity contribution in [2.75, 3.05) is 11.1 Å². The normalized spacial score (nSPS) is 10.1. The molecule has 3 nitrogen and oxygen atoms in total. The second-order valence-electron chi connectivity index (χ2n) is 3.50. The van der Waals surface area contributed by atoms with Gasteiger partial charge in [-0.2, -0.15) is 0 Å². The van der Waals surface area contributed by atoms with Gasteiger partial charge in [0.2, 0.25) is 0 Å². The fraction of sp³-hybridized carbons (Fsp3) is 0.0833. The molecule has 16 heavy (non-hydrogen) atoms. The Morgan fingerprint density at radius 2 is 1.94 bits per heavy atom. The highest BCUT2D eigenvalue weighted by molar-refractivity contribution is 9.10. The molecule has 3 N–H and O–H groups in total. The van der Waals surface area contributed by atoms with Gasteiger partial charge in [0.05, 0.1) is 11.4 Å². The lowest BCUT2D eigenvalue weighted by Crippen LogP contribution is -1.99. The molecule has 0 amide bonds. The lowest BCUT2D eigenvalue weighted by atomic mass is 10.2. The molecule has 1 heterocycles. The topological polar surface area (TPSA) is 50.9 Å². The number of rotatable bonds is 2. The van der Waals surface area contributed by atoms with Crippen LogP contribution in [0.3, 0.4) is 0 Å². The number of aryl methyl sites for hydroxylation is 1. The Balaban J connectivity index is 2.35. The third kappa shape index (κ3) is 2.17. The average molecular weight is 278 g/mol. The summed E-state index contributed by atoms with van der Waals surface area (Å²) in [5, 5.41) is 3.25. The first-order valence-electron chi connectivity index (χ1n) is 4.91. The van der Waals surface area contributed by atoms with E-state index >= 15 is 0 Å². The molecular weight excluding hydrogens is 266 g/mol. The molecule has 0 aliphatic rings. The highest BCUT2D eigenvalue weighted by Crippen LogP contribution is 2.29. The van der Waals surface area contributed by atoms with Crippen molar-refractivity contribution < 1.29 is 0 Å². The van der Waals surface area contributed by atoms with Gasteiger partial charge in [-0.3, -0.25) is 0 Å². The molecule has 0 fully saturated rings. The van der Waals surface area contributed by atoms with Crippen LogP contribution >= 0.6 is 15.9 Å². The lowest BCUT2D eigenvalue weighted by Gasteiger charge is -2.11. The molecule has 0 radical (unpaired) electrons. The molecule has 82 valence electrons. The Bertz CT molecular complexity index is 511. The number of pyridine rings is 1. The zero-order chi connectivity index (χ0) is 11.5. The molecule has 0 aliphatic carbocycles. The molecular formula is C12H12BrN3. The van der Waals surface area contributed by atoms with Crippen molar-refractivity contribution >= 4 is 33.1 Å². The van der Waals surface area contributed by atoms with Crippen LogP contribution in [0.2, 0.25) is 0 Å². The molecule has 2 rings (SSSR count). The van der Waals surface area contributed by atoms with Gasteiger partial charge in [0, 0.05) is 10.7 Å². The largest absolute Gasteiger partial charge is 0.382 e. The van der Waals surface area contributed by atoms with Gasteiger partial charge in [0.15, 0.2) is 0 Å². The van der Waals surface area contributed by atoms with Gasteiger partial charge in [-0.25, -0.2) is 4.98 Å². The Labute approximate surface area is 103 Å². The first kappa shape index (κ1) is 11.0. The number of nitrogen functional groups attached to an aromatic ring is 1. The maximum absolute atomic E-state index is 5.77. The number of nitrogens with zero attached hydrogens (tertiary/aromatic N) is 1. The van der Waals surface area contributed by atoms with Crippen molar-refractivity contribution in [2.24, 2.45) is 0 Å². The third-order valence-corrected chi connectivity index (χ3v) is 3.35. The maximum Gasteiger partial charge on any atom is 0.147 e. The Kier molecular flexibility index (Phi) is 3.10. The standard InChI is InChI=1S/C12H12BrN3/c1-8-4-2-5-9(11(8)13)16-10-6-3-7-15-12(10)14/h2-7,16H,1H3,(H2,14,15). The molecule has 0 saturated heterocycles. The van der Waals surface area contributed by atoms with E-state index in [0.29, 0.717) is 5.82 Å². The van der Waals surface area contributed by atoms with Crippen molar-refractivity contribution in [1.82, 2.24) is 4.98 Å². The highest BCUT2D eigenvalue weighted by atomic mass is 79.9. The van der Waals surface area contributed by atoms with Gasteiger partial charge in [-0.15, -0.1) is 0 Å². The van der Waals surface area contributed by atoms with Gasteiger partial charge in [-0.1, -0.05) is 12.1 Å². The van der Waals surface area contributed by atoms with Crippen molar-refractivity contribution in [1.29, 1.82) is 0 Å². The summed E-state index contributed by atoms with van der Waals surface area (Å²) in [5.74, 6) is 0.496. The minimum absolute atomic E-state index is 0.496. The number of hydrogen-bond donors (Lipinski definition) is 2. The summed E-state index contributed by atoms with van der Waals surface area (Å²) in [5.41, 5.74) is 8.74. The van der Waals surface area contributed by atoms with E-state index in [0.717, 1.165) is 15.8 Å². The summed E-state index contributed by atoms with van der Waals surface area (Å²) < 4.78 is 1.04. The Hall–Kier alpha value is -1.55. The van der Waals surface area contributed by atoms with Crippen LogP contribution in [0.25, 0.3) is 0 Å². The second kappa shape index (κ2) is 4.53. The van der Waals surface area contributed by atoms with Crippen LogP contribution in [0.1, 0.15) is 5.56 Å². The number of aromatic nitrogens is 1. The number of halogens is 1. The molecule has 1 aromatic heterocycles. The maximum atomic E-state index is 5.77. The van der Waals surface area contributed by atoms with Crippen LogP contribution in [0, 0.1) is 6.92 Å². The van der Waals surface area contributed by atoms with E-state index in [4.69, 9.17) is 5.73 Å². The van der Waals surface area contributed by atoms with E-state index in [-0.39, 0.29) is 0 Å². The fourth-order valence-corrected chi connectivity index (χ4v) is 1.78. The summed E-state index contributed by atoms with van der Waals surface area (Å²) in [6, 6.07) is 9.78. The summed E-state index contributed by atoms with van der Waals surface area (Å²) >= 11 is 3.54. The predicted octanol–water partition coefficient (Wildman–Crippen LogP) is 3.48. The van der Waals surface area contributed by atoms with Crippen molar-refractivity contribution in [2.45, 2.75) is 6.92 Å². The molecule has 1 aromatic carbocycles. The summed E-state index contributed by atoms with van der Waals surface area (Å²) in [6.07, 6.45) is 1.67. The van der Waals surface area contributed by atoms with Crippen LogP contribution in [0.15, 0.2) is 41.0 Å². The van der Waals surface area contributed by atoms with E-state index in [1.165, 1.54) is 5.56 Å². The monoisotopic (exact) mass is 277 g/mol. The SMILES string of the molecule is Cc1cccc(Nc2cccnc2N)c1Br. The molecule has 0 spiro atoms.